The molecule has 2 aliphatic rings. The molecule has 194 valence electrons. The quantitative estimate of drug-likeness (QED) is 0.501. The van der Waals surface area contributed by atoms with E-state index < -0.39 is 48.7 Å². The highest BCUT2D eigenvalue weighted by Crippen LogP contribution is 2.38. The van der Waals surface area contributed by atoms with E-state index in [1.54, 1.807) is 0 Å². The third kappa shape index (κ3) is 4.21. The molecule has 5 atom stereocenters. The zero-order valence-electron chi connectivity index (χ0n) is 20.4. The van der Waals surface area contributed by atoms with Gasteiger partial charge in [-0.25, -0.2) is 18.1 Å². The zero-order valence-corrected chi connectivity index (χ0v) is 20.4. The van der Waals surface area contributed by atoms with Crippen molar-refractivity contribution < 1.29 is 28.5 Å². The maximum absolute atomic E-state index is 14.6. The summed E-state index contributed by atoms with van der Waals surface area (Å²) in [4.78, 5) is 0. The predicted molar refractivity (Wildman–Crippen MR) is 123 cm³/mol. The fourth-order valence-electron chi connectivity index (χ4n) is 5.10. The number of methoxy groups -OCH3 is 1. The van der Waals surface area contributed by atoms with Crippen LogP contribution in [-0.4, -0.2) is 78.3 Å². The van der Waals surface area contributed by atoms with E-state index in [9.17, 15) is 19.0 Å². The van der Waals surface area contributed by atoms with Crippen molar-refractivity contribution in [3.63, 3.8) is 0 Å². The number of aromatic nitrogens is 6. The number of ether oxygens (including phenoxy) is 2. The molecule has 0 amide bonds. The normalized spacial score (nSPS) is 27.7. The van der Waals surface area contributed by atoms with Crippen LogP contribution in [0.2, 0.25) is 0 Å². The summed E-state index contributed by atoms with van der Waals surface area (Å²) in [5, 5.41) is 37.6. The molecule has 0 radical (unpaired) electrons. The summed E-state index contributed by atoms with van der Waals surface area (Å²) < 4.78 is 43.7. The van der Waals surface area contributed by atoms with Crippen molar-refractivity contribution in [2.75, 3.05) is 13.7 Å². The molecule has 2 N–H and O–H groups in total. The largest absolute Gasteiger partial charge is 0.394 e. The number of aryl methyl sites for hydroxylation is 1. The molecular formula is C24H30F2N6O4. The molecule has 1 aliphatic heterocycles. The lowest BCUT2D eigenvalue weighted by Gasteiger charge is -2.43. The second-order valence-electron chi connectivity index (χ2n) is 9.93. The minimum absolute atomic E-state index is 0.0342. The minimum Gasteiger partial charge on any atom is -0.394 e. The van der Waals surface area contributed by atoms with E-state index in [0.29, 0.717) is 12.1 Å². The number of halogens is 2. The van der Waals surface area contributed by atoms with Crippen molar-refractivity contribution in [3.8, 4) is 11.3 Å². The molecule has 3 aromatic rings. The van der Waals surface area contributed by atoms with Gasteiger partial charge in [0.05, 0.1) is 30.1 Å². The first-order chi connectivity index (χ1) is 17.3. The number of hydrogen-bond donors (Lipinski definition) is 2. The Bertz CT molecular complexity index is 1230. The van der Waals surface area contributed by atoms with Gasteiger partial charge in [-0.1, -0.05) is 16.5 Å². The smallest absolute Gasteiger partial charge is 0.168 e. The standard InChI is InChI=1S/C24H30F2N6O4/c1-13-5-6-15(20(26)19(13)25)16-11-31(29-28-16)21-22(34)18(12-33)36-17(23(21)35-3)9-14-10-32(30-27-14)24(2)7-4-8-24/h5-6,10-11,17-18,21-23,33-34H,4,7-9,12H2,1-3H3/t17-,18-,21+,22+,23+/m1/s1. The van der Waals surface area contributed by atoms with E-state index in [4.69, 9.17) is 9.47 Å². The molecule has 10 nitrogen and oxygen atoms in total. The highest BCUT2D eigenvalue weighted by Gasteiger charge is 2.47. The number of nitrogens with zero attached hydrogens (tertiary/aromatic N) is 6. The van der Waals surface area contributed by atoms with Crippen LogP contribution in [0.25, 0.3) is 11.3 Å². The van der Waals surface area contributed by atoms with Crippen LogP contribution < -0.4 is 0 Å². The van der Waals surface area contributed by atoms with Crippen molar-refractivity contribution in [2.45, 2.75) is 75.5 Å². The van der Waals surface area contributed by atoms with Crippen LogP contribution in [0, 0.1) is 18.6 Å². The Hall–Kier alpha value is -2.80. The molecule has 36 heavy (non-hydrogen) atoms. The van der Waals surface area contributed by atoms with E-state index >= 15 is 0 Å². The van der Waals surface area contributed by atoms with Gasteiger partial charge in [-0.2, -0.15) is 0 Å². The predicted octanol–water partition coefficient (Wildman–Crippen LogP) is 1.94. The topological polar surface area (TPSA) is 120 Å². The highest BCUT2D eigenvalue weighted by molar-refractivity contribution is 5.59. The Morgan fingerprint density at radius 2 is 1.92 bits per heavy atom. The lowest BCUT2D eigenvalue weighted by atomic mass is 9.79. The molecule has 5 rings (SSSR count). The summed E-state index contributed by atoms with van der Waals surface area (Å²) in [6.45, 7) is 3.18. The lowest BCUT2D eigenvalue weighted by molar-refractivity contribution is -0.212. The number of hydrogen-bond acceptors (Lipinski definition) is 8. The first-order valence-electron chi connectivity index (χ1n) is 12.0. The maximum atomic E-state index is 14.6. The summed E-state index contributed by atoms with van der Waals surface area (Å²) in [6, 6.07) is 2.08. The first-order valence-corrected chi connectivity index (χ1v) is 12.0. The third-order valence-corrected chi connectivity index (χ3v) is 7.54. The van der Waals surface area contributed by atoms with Gasteiger partial charge in [0.1, 0.15) is 30.0 Å². The van der Waals surface area contributed by atoms with Crippen LogP contribution in [0.4, 0.5) is 8.78 Å². The number of benzene rings is 1. The van der Waals surface area contributed by atoms with Crippen molar-refractivity contribution >= 4 is 0 Å². The fraction of sp³-hybridized carbons (Fsp3) is 0.583. The Morgan fingerprint density at radius 3 is 2.58 bits per heavy atom. The zero-order chi connectivity index (χ0) is 25.6. The Labute approximate surface area is 206 Å². The second-order valence-corrected chi connectivity index (χ2v) is 9.93. The molecule has 12 heteroatoms. The Morgan fingerprint density at radius 1 is 1.14 bits per heavy atom. The fourth-order valence-corrected chi connectivity index (χ4v) is 5.10. The van der Waals surface area contributed by atoms with Crippen molar-refractivity contribution in [1.29, 1.82) is 0 Å². The molecule has 3 heterocycles. The van der Waals surface area contributed by atoms with Crippen LogP contribution in [-0.2, 0) is 21.4 Å². The molecule has 1 saturated heterocycles. The van der Waals surface area contributed by atoms with Crippen molar-refractivity contribution in [2.24, 2.45) is 0 Å². The van der Waals surface area contributed by atoms with Gasteiger partial charge in [-0.3, -0.25) is 0 Å². The van der Waals surface area contributed by atoms with Crippen molar-refractivity contribution in [3.05, 3.63) is 47.4 Å². The van der Waals surface area contributed by atoms with E-state index in [0.717, 1.165) is 19.3 Å². The molecule has 1 aliphatic carbocycles. The van der Waals surface area contributed by atoms with Crippen LogP contribution in [0.15, 0.2) is 24.5 Å². The van der Waals surface area contributed by atoms with Crippen molar-refractivity contribution in [1.82, 2.24) is 30.0 Å². The molecule has 1 aromatic carbocycles. The van der Waals surface area contributed by atoms with Crippen LogP contribution in [0.1, 0.15) is 43.5 Å². The van der Waals surface area contributed by atoms with Gasteiger partial charge >= 0.3 is 0 Å². The van der Waals surface area contributed by atoms with Gasteiger partial charge < -0.3 is 19.7 Å². The Kier molecular flexibility index (Phi) is 6.62. The molecular weight excluding hydrogens is 474 g/mol. The first kappa shape index (κ1) is 24.9. The van der Waals surface area contributed by atoms with E-state index in [2.05, 4.69) is 27.5 Å². The monoisotopic (exact) mass is 504 g/mol. The third-order valence-electron chi connectivity index (χ3n) is 7.54. The molecule has 2 fully saturated rings. The van der Waals surface area contributed by atoms with Gasteiger partial charge in [0.15, 0.2) is 11.6 Å². The van der Waals surface area contributed by atoms with E-state index in [-0.39, 0.29) is 22.4 Å². The highest BCUT2D eigenvalue weighted by atomic mass is 19.2. The van der Waals surface area contributed by atoms with Gasteiger partial charge in [-0.15, -0.1) is 10.2 Å². The summed E-state index contributed by atoms with van der Waals surface area (Å²) in [5.41, 5.74) is 0.899. The molecule has 1 saturated carbocycles. The van der Waals surface area contributed by atoms with Gasteiger partial charge in [0.25, 0.3) is 0 Å². The number of aliphatic hydroxyl groups excluding tert-OH is 2. The summed E-state index contributed by atoms with van der Waals surface area (Å²) in [7, 11) is 1.49. The van der Waals surface area contributed by atoms with Gasteiger partial charge in [0, 0.05) is 25.3 Å². The Balaban J connectivity index is 1.43. The van der Waals surface area contributed by atoms with E-state index in [1.165, 1.54) is 37.0 Å². The molecule has 0 unspecified atom stereocenters. The summed E-state index contributed by atoms with van der Waals surface area (Å²) in [5.74, 6) is -1.97. The maximum Gasteiger partial charge on any atom is 0.168 e. The lowest BCUT2D eigenvalue weighted by Crippen LogP contribution is -2.57. The molecule has 2 aromatic heterocycles. The van der Waals surface area contributed by atoms with Gasteiger partial charge in [0.2, 0.25) is 0 Å². The van der Waals surface area contributed by atoms with Gasteiger partial charge in [-0.05, 0) is 44.7 Å². The van der Waals surface area contributed by atoms with Crippen LogP contribution in [0.5, 0.6) is 0 Å². The average Bonchev–Trinajstić information content (AvgIpc) is 3.52. The SMILES string of the molecule is CO[C@@H]1[C@@H](n2cc(-c3ccc(C)c(F)c3F)nn2)[C@@H](O)[C@@H](CO)O[C@@H]1Cc1cn(C2(C)CCC2)nn1. The number of aliphatic hydroxyl groups is 2. The average molecular weight is 505 g/mol. The number of rotatable bonds is 7. The summed E-state index contributed by atoms with van der Waals surface area (Å²) in [6.07, 6.45) is 3.45. The summed E-state index contributed by atoms with van der Waals surface area (Å²) >= 11 is 0. The minimum atomic E-state index is -1.20. The molecule has 0 spiro atoms. The molecule has 0 bridgehead atoms. The van der Waals surface area contributed by atoms with Crippen LogP contribution >= 0.6 is 0 Å². The van der Waals surface area contributed by atoms with E-state index in [1.807, 2.05) is 10.9 Å². The second kappa shape index (κ2) is 9.58. The van der Waals surface area contributed by atoms with Crippen LogP contribution in [0.3, 0.4) is 0 Å².